The zero-order valence-electron chi connectivity index (χ0n) is 20.8. The number of phenols is 1. The van der Waals surface area contributed by atoms with E-state index in [1.807, 2.05) is 4.90 Å². The van der Waals surface area contributed by atoms with E-state index in [2.05, 4.69) is 48.8 Å². The Morgan fingerprint density at radius 3 is 2.38 bits per heavy atom. The van der Waals surface area contributed by atoms with Gasteiger partial charge in [0.25, 0.3) is 5.91 Å². The van der Waals surface area contributed by atoms with Crippen LogP contribution in [-0.2, 0) is 0 Å². The highest BCUT2D eigenvalue weighted by molar-refractivity contribution is 9.10. The number of rotatable bonds is 10. The summed E-state index contributed by atoms with van der Waals surface area (Å²) in [6.07, 6.45) is 0.567. The molecule has 3 aromatic carbocycles. The predicted octanol–water partition coefficient (Wildman–Crippen LogP) is 6.33. The van der Waals surface area contributed by atoms with Crippen LogP contribution in [0.2, 0.25) is 5.02 Å². The highest BCUT2D eigenvalue weighted by atomic mass is 79.9. The number of nitrogens with one attached hydrogen (secondary N) is 1. The molecule has 0 heterocycles. The highest BCUT2D eigenvalue weighted by Gasteiger charge is 2.17. The van der Waals surface area contributed by atoms with Crippen molar-refractivity contribution < 1.29 is 14.6 Å². The number of azo groups is 1. The standard InChI is InChI=1S/C27H23BrClN7O3/c1-39-25-17-21(36(14-2-12-30)15-3-13-31)9-10-22(25)26(33-32-20-7-5-19(29)6-8-20)34-35-27(38)23-16-18(28)4-11-24(23)37/h4-11,16-17,37H,2-3,14-15H2,1H3,(H,35,38)/b33-32?,34-26+. The Labute approximate surface area is 238 Å². The first-order chi connectivity index (χ1) is 18.9. The number of phenolic OH excluding ortho intramolecular Hbond substituents is 1. The summed E-state index contributed by atoms with van der Waals surface area (Å²) >= 11 is 9.24. The van der Waals surface area contributed by atoms with E-state index in [9.17, 15) is 9.90 Å². The molecule has 0 fully saturated rings. The second-order valence-corrected chi connectivity index (χ2v) is 9.25. The van der Waals surface area contributed by atoms with Gasteiger partial charge >= 0.3 is 0 Å². The van der Waals surface area contributed by atoms with Gasteiger partial charge in [-0.3, -0.25) is 4.79 Å². The zero-order valence-corrected chi connectivity index (χ0v) is 23.1. The van der Waals surface area contributed by atoms with Crippen molar-refractivity contribution in [3.8, 4) is 23.6 Å². The van der Waals surface area contributed by atoms with Crippen LogP contribution in [0.1, 0.15) is 28.8 Å². The van der Waals surface area contributed by atoms with Crippen molar-refractivity contribution in [1.82, 2.24) is 5.43 Å². The molecule has 0 saturated carbocycles. The molecule has 0 aliphatic heterocycles. The SMILES string of the molecule is COc1cc(N(CCC#N)CCC#N)ccc1/C(N=Nc1ccc(Cl)cc1)=N\NC(=O)c1cc(Br)ccc1O. The number of carbonyl (C=O) groups is 1. The van der Waals surface area contributed by atoms with E-state index < -0.39 is 5.91 Å². The number of amides is 1. The molecule has 10 nitrogen and oxygen atoms in total. The van der Waals surface area contributed by atoms with Crippen molar-refractivity contribution in [3.63, 3.8) is 0 Å². The maximum atomic E-state index is 12.8. The molecule has 0 bridgehead atoms. The van der Waals surface area contributed by atoms with Crippen LogP contribution in [-0.4, -0.2) is 37.0 Å². The lowest BCUT2D eigenvalue weighted by Crippen LogP contribution is -2.25. The van der Waals surface area contributed by atoms with Crippen LogP contribution >= 0.6 is 27.5 Å². The topological polar surface area (TPSA) is 146 Å². The first-order valence-corrected chi connectivity index (χ1v) is 12.7. The fourth-order valence-electron chi connectivity index (χ4n) is 3.40. The molecule has 3 aromatic rings. The molecule has 0 radical (unpaired) electrons. The zero-order chi connectivity index (χ0) is 28.2. The third-order valence-corrected chi connectivity index (χ3v) is 6.08. The van der Waals surface area contributed by atoms with Crippen molar-refractivity contribution in [2.45, 2.75) is 12.8 Å². The van der Waals surface area contributed by atoms with Gasteiger partial charge < -0.3 is 14.7 Å². The number of nitriles is 2. The van der Waals surface area contributed by atoms with Gasteiger partial charge in [-0.2, -0.15) is 10.5 Å². The Bertz CT molecular complexity index is 1450. The van der Waals surface area contributed by atoms with Gasteiger partial charge in [-0.05, 0) is 54.6 Å². The minimum atomic E-state index is -0.664. The molecule has 198 valence electrons. The second kappa shape index (κ2) is 14.5. The average Bonchev–Trinajstić information content (AvgIpc) is 2.95. The lowest BCUT2D eigenvalue weighted by Gasteiger charge is -2.23. The van der Waals surface area contributed by atoms with Gasteiger partial charge in [-0.1, -0.05) is 27.5 Å². The van der Waals surface area contributed by atoms with Crippen molar-refractivity contribution >= 4 is 50.6 Å². The fraction of sp³-hybridized carbons (Fsp3) is 0.185. The molecule has 0 unspecified atom stereocenters. The number of methoxy groups -OCH3 is 1. The summed E-state index contributed by atoms with van der Waals surface area (Å²) in [6, 6.07) is 20.6. The number of amidine groups is 1. The Morgan fingerprint density at radius 2 is 1.74 bits per heavy atom. The summed E-state index contributed by atoms with van der Waals surface area (Å²) in [6.45, 7) is 0.869. The fourth-order valence-corrected chi connectivity index (χ4v) is 3.89. The normalized spacial score (nSPS) is 11.1. The van der Waals surface area contributed by atoms with E-state index in [1.54, 1.807) is 48.5 Å². The Balaban J connectivity index is 2.01. The number of hydrogen-bond donors (Lipinski definition) is 2. The molecule has 12 heteroatoms. The summed E-state index contributed by atoms with van der Waals surface area (Å²) in [5.74, 6) is -0.480. The average molecular weight is 609 g/mol. The van der Waals surface area contributed by atoms with Gasteiger partial charge in [0.2, 0.25) is 5.84 Å². The smallest absolute Gasteiger partial charge is 0.275 e. The highest BCUT2D eigenvalue weighted by Crippen LogP contribution is 2.28. The second-order valence-electron chi connectivity index (χ2n) is 7.90. The van der Waals surface area contributed by atoms with E-state index in [4.69, 9.17) is 26.9 Å². The molecule has 1 amide bonds. The summed E-state index contributed by atoms with van der Waals surface area (Å²) in [5, 5.41) is 41.3. The first kappa shape index (κ1) is 29.1. The molecule has 0 aliphatic rings. The van der Waals surface area contributed by atoms with Gasteiger partial charge in [-0.15, -0.1) is 15.3 Å². The molecule has 3 rings (SSSR count). The number of hydrazone groups is 1. The van der Waals surface area contributed by atoms with E-state index in [-0.39, 0.29) is 30.0 Å². The molecule has 39 heavy (non-hydrogen) atoms. The number of ether oxygens (including phenoxy) is 1. The Hall–Kier alpha value is -4.45. The number of halogens is 2. The number of hydrogen-bond acceptors (Lipinski definition) is 8. The minimum absolute atomic E-state index is 0.00931. The third-order valence-electron chi connectivity index (χ3n) is 5.33. The number of anilines is 1. The monoisotopic (exact) mass is 607 g/mol. The molecular weight excluding hydrogens is 586 g/mol. The van der Waals surface area contributed by atoms with Crippen molar-refractivity contribution in [2.75, 3.05) is 25.1 Å². The van der Waals surface area contributed by atoms with Crippen LogP contribution in [0.4, 0.5) is 11.4 Å². The first-order valence-electron chi connectivity index (χ1n) is 11.6. The van der Waals surface area contributed by atoms with Crippen molar-refractivity contribution in [1.29, 1.82) is 10.5 Å². The van der Waals surface area contributed by atoms with Gasteiger partial charge in [0.15, 0.2) is 0 Å². The maximum absolute atomic E-state index is 12.8. The van der Waals surface area contributed by atoms with Gasteiger partial charge in [0.05, 0.1) is 48.9 Å². The number of nitrogens with zero attached hydrogens (tertiary/aromatic N) is 6. The Kier molecular flexibility index (Phi) is 10.8. The van der Waals surface area contributed by atoms with Crippen LogP contribution in [0.3, 0.4) is 0 Å². The number of aromatic hydroxyl groups is 1. The number of benzene rings is 3. The largest absolute Gasteiger partial charge is 0.507 e. The quantitative estimate of drug-likeness (QED) is 0.119. The van der Waals surface area contributed by atoms with Crippen molar-refractivity contribution in [3.05, 3.63) is 81.3 Å². The minimum Gasteiger partial charge on any atom is -0.507 e. The predicted molar refractivity (Wildman–Crippen MR) is 151 cm³/mol. The van der Waals surface area contributed by atoms with E-state index in [0.29, 0.717) is 39.6 Å². The van der Waals surface area contributed by atoms with Gasteiger partial charge in [0.1, 0.15) is 11.5 Å². The molecule has 0 aliphatic carbocycles. The van der Waals surface area contributed by atoms with Crippen LogP contribution in [0.5, 0.6) is 11.5 Å². The third kappa shape index (κ3) is 8.27. The molecular formula is C27H23BrClN7O3. The molecule has 0 atom stereocenters. The summed E-state index contributed by atoms with van der Waals surface area (Å²) in [5.41, 5.74) is 4.07. The van der Waals surface area contributed by atoms with E-state index in [1.165, 1.54) is 19.2 Å². The van der Waals surface area contributed by atoms with E-state index >= 15 is 0 Å². The molecule has 0 aromatic heterocycles. The summed E-state index contributed by atoms with van der Waals surface area (Å²) in [4.78, 5) is 14.7. The Morgan fingerprint density at radius 1 is 1.05 bits per heavy atom. The van der Waals surface area contributed by atoms with Crippen LogP contribution in [0, 0.1) is 22.7 Å². The van der Waals surface area contributed by atoms with Crippen molar-refractivity contribution in [2.24, 2.45) is 15.3 Å². The summed E-state index contributed by atoms with van der Waals surface area (Å²) in [7, 11) is 1.48. The van der Waals surface area contributed by atoms with Crippen LogP contribution in [0.25, 0.3) is 0 Å². The molecule has 0 spiro atoms. The van der Waals surface area contributed by atoms with Crippen LogP contribution in [0.15, 0.2) is 80.5 Å². The molecule has 0 saturated heterocycles. The van der Waals surface area contributed by atoms with Gasteiger partial charge in [0, 0.05) is 34.3 Å². The molecule has 2 N–H and O–H groups in total. The number of carbonyl (C=O) groups excluding carboxylic acids is 1. The van der Waals surface area contributed by atoms with E-state index in [0.717, 1.165) is 5.69 Å². The maximum Gasteiger partial charge on any atom is 0.275 e. The van der Waals surface area contributed by atoms with Crippen LogP contribution < -0.4 is 15.1 Å². The lowest BCUT2D eigenvalue weighted by molar-refractivity contribution is 0.0952. The summed E-state index contributed by atoms with van der Waals surface area (Å²) < 4.78 is 6.21. The van der Waals surface area contributed by atoms with Gasteiger partial charge in [-0.25, -0.2) is 5.43 Å². The lowest BCUT2D eigenvalue weighted by atomic mass is 10.1.